The summed E-state index contributed by atoms with van der Waals surface area (Å²) in [6.45, 7) is 0. The Morgan fingerprint density at radius 1 is 0.824 bits per heavy atom. The van der Waals surface area contributed by atoms with E-state index in [-0.39, 0.29) is 11.3 Å². The first kappa shape index (κ1) is 21.3. The number of halogens is 2. The minimum absolute atomic E-state index is 0.0628. The number of hydrogen-bond acceptors (Lipinski definition) is 4. The molecule has 0 bridgehead atoms. The molecule has 2 N–H and O–H groups in total. The molecule has 0 saturated carbocycles. The normalized spacial score (nSPS) is 17.5. The van der Waals surface area contributed by atoms with E-state index in [1.165, 1.54) is 24.3 Å². The number of phenolic OH excluding ortho intramolecular Hbond substituents is 1. The predicted octanol–water partition coefficient (Wildman–Crippen LogP) is 5.45. The number of ketones is 1. The van der Waals surface area contributed by atoms with Crippen LogP contribution in [-0.2, 0) is 9.59 Å². The van der Waals surface area contributed by atoms with E-state index in [9.17, 15) is 28.6 Å². The van der Waals surface area contributed by atoms with Crippen molar-refractivity contribution in [3.63, 3.8) is 0 Å². The van der Waals surface area contributed by atoms with Gasteiger partial charge in [-0.2, -0.15) is 0 Å². The number of hydrogen-bond donors (Lipinski definition) is 2. The standard InChI is InChI=1S/C27H17F2NO4/c28-19-9-12-21(29)22(14-19)30-24(16-7-10-20(31)11-8-16)23(26(33)27(30)34)25(32)18-6-5-15-3-1-2-4-17(15)13-18/h1-14,24,31-32H/b25-23-. The van der Waals surface area contributed by atoms with E-state index in [4.69, 9.17) is 0 Å². The van der Waals surface area contributed by atoms with Crippen LogP contribution in [0.3, 0.4) is 0 Å². The Hall–Kier alpha value is -4.52. The van der Waals surface area contributed by atoms with Crippen LogP contribution in [0.25, 0.3) is 16.5 Å². The number of nitrogens with zero attached hydrogens (tertiary/aromatic N) is 1. The van der Waals surface area contributed by atoms with Crippen molar-refractivity contribution < 1.29 is 28.6 Å². The van der Waals surface area contributed by atoms with Gasteiger partial charge in [0, 0.05) is 11.6 Å². The highest BCUT2D eigenvalue weighted by molar-refractivity contribution is 6.51. The van der Waals surface area contributed by atoms with Crippen LogP contribution >= 0.6 is 0 Å². The van der Waals surface area contributed by atoms with Crippen molar-refractivity contribution in [3.05, 3.63) is 113 Å². The molecular formula is C27H17F2NO4. The van der Waals surface area contributed by atoms with E-state index in [0.29, 0.717) is 11.1 Å². The lowest BCUT2D eigenvalue weighted by Gasteiger charge is -2.25. The van der Waals surface area contributed by atoms with Gasteiger partial charge in [-0.3, -0.25) is 14.5 Å². The lowest BCUT2D eigenvalue weighted by atomic mass is 9.94. The van der Waals surface area contributed by atoms with Crippen molar-refractivity contribution in [2.45, 2.75) is 6.04 Å². The van der Waals surface area contributed by atoms with E-state index >= 15 is 0 Å². The van der Waals surface area contributed by atoms with Crippen LogP contribution in [0.4, 0.5) is 14.5 Å². The highest BCUT2D eigenvalue weighted by Gasteiger charge is 2.47. The van der Waals surface area contributed by atoms with Crippen LogP contribution < -0.4 is 4.90 Å². The zero-order valence-electron chi connectivity index (χ0n) is 17.6. The topological polar surface area (TPSA) is 77.8 Å². The number of benzene rings is 4. The SMILES string of the molecule is O=C1C(=O)N(c2cc(F)ccc2F)C(c2ccc(O)cc2)/C1=C(/O)c1ccc2ccccc2c1. The van der Waals surface area contributed by atoms with E-state index in [2.05, 4.69) is 0 Å². The van der Waals surface area contributed by atoms with E-state index in [1.54, 1.807) is 18.2 Å². The number of aliphatic hydroxyl groups excluding tert-OH is 1. The number of fused-ring (bicyclic) bond motifs is 1. The molecule has 0 aromatic heterocycles. The fraction of sp³-hybridized carbons (Fsp3) is 0.0370. The van der Waals surface area contributed by atoms with Gasteiger partial charge in [0.05, 0.1) is 17.3 Å². The van der Waals surface area contributed by atoms with Gasteiger partial charge in [-0.05, 0) is 46.7 Å². The second-order valence-electron chi connectivity index (χ2n) is 7.92. The molecule has 0 spiro atoms. The van der Waals surface area contributed by atoms with Crippen molar-refractivity contribution in [2.75, 3.05) is 4.90 Å². The van der Waals surface area contributed by atoms with Crippen LogP contribution in [0.5, 0.6) is 5.75 Å². The predicted molar refractivity (Wildman–Crippen MR) is 123 cm³/mol. The monoisotopic (exact) mass is 457 g/mol. The smallest absolute Gasteiger partial charge is 0.300 e. The fourth-order valence-corrected chi connectivity index (χ4v) is 4.22. The Kier molecular flexibility index (Phi) is 5.09. The number of Topliss-reactive ketones (excluding diaryl/α,β-unsaturated/α-hetero) is 1. The molecular weight excluding hydrogens is 440 g/mol. The summed E-state index contributed by atoms with van der Waals surface area (Å²) >= 11 is 0. The number of carbonyl (C=O) groups excluding carboxylic acids is 2. The first-order chi connectivity index (χ1) is 16.3. The summed E-state index contributed by atoms with van der Waals surface area (Å²) in [7, 11) is 0. The number of rotatable bonds is 3. The molecule has 34 heavy (non-hydrogen) atoms. The van der Waals surface area contributed by atoms with Gasteiger partial charge in [-0.15, -0.1) is 0 Å². The number of aromatic hydroxyl groups is 1. The summed E-state index contributed by atoms with van der Waals surface area (Å²) in [5.74, 6) is -4.35. The fourth-order valence-electron chi connectivity index (χ4n) is 4.22. The molecule has 1 amide bonds. The Labute approximate surface area is 192 Å². The molecule has 1 unspecified atom stereocenters. The van der Waals surface area contributed by atoms with Crippen LogP contribution in [0, 0.1) is 11.6 Å². The van der Waals surface area contributed by atoms with Crippen LogP contribution in [0.2, 0.25) is 0 Å². The molecule has 1 fully saturated rings. The largest absolute Gasteiger partial charge is 0.508 e. The van der Waals surface area contributed by atoms with Gasteiger partial charge in [0.1, 0.15) is 23.1 Å². The second-order valence-corrected chi connectivity index (χ2v) is 7.92. The summed E-state index contributed by atoms with van der Waals surface area (Å²) in [5.41, 5.74) is -0.0874. The zero-order valence-corrected chi connectivity index (χ0v) is 17.6. The first-order valence-corrected chi connectivity index (χ1v) is 10.4. The molecule has 168 valence electrons. The maximum atomic E-state index is 14.7. The molecule has 0 aliphatic carbocycles. The Bertz CT molecular complexity index is 1490. The molecule has 7 heteroatoms. The van der Waals surface area contributed by atoms with Gasteiger partial charge in [0.25, 0.3) is 11.7 Å². The van der Waals surface area contributed by atoms with Gasteiger partial charge in [-0.25, -0.2) is 8.78 Å². The van der Waals surface area contributed by atoms with E-state index < -0.39 is 40.8 Å². The molecule has 0 radical (unpaired) electrons. The average molecular weight is 457 g/mol. The van der Waals surface area contributed by atoms with Gasteiger partial charge >= 0.3 is 0 Å². The van der Waals surface area contributed by atoms with E-state index in [1.807, 2.05) is 24.3 Å². The van der Waals surface area contributed by atoms with Gasteiger partial charge < -0.3 is 10.2 Å². The summed E-state index contributed by atoms with van der Waals surface area (Å²) in [6.07, 6.45) is 0. The Balaban J connectivity index is 1.75. The number of anilines is 1. The third-order valence-electron chi connectivity index (χ3n) is 5.84. The van der Waals surface area contributed by atoms with Gasteiger partial charge in [0.15, 0.2) is 0 Å². The van der Waals surface area contributed by atoms with Crippen molar-refractivity contribution in [2.24, 2.45) is 0 Å². The summed E-state index contributed by atoms with van der Waals surface area (Å²) in [6, 6.07) is 19.4. The molecule has 4 aromatic carbocycles. The first-order valence-electron chi connectivity index (χ1n) is 10.4. The summed E-state index contributed by atoms with van der Waals surface area (Å²) < 4.78 is 28.7. The van der Waals surface area contributed by atoms with Crippen molar-refractivity contribution in [1.29, 1.82) is 0 Å². The maximum Gasteiger partial charge on any atom is 0.300 e. The van der Waals surface area contributed by atoms with Crippen molar-refractivity contribution >= 4 is 33.9 Å². The maximum absolute atomic E-state index is 14.7. The lowest BCUT2D eigenvalue weighted by Crippen LogP contribution is -2.30. The zero-order chi connectivity index (χ0) is 24.0. The van der Waals surface area contributed by atoms with Crippen LogP contribution in [0.15, 0.2) is 90.5 Å². The third-order valence-corrected chi connectivity index (χ3v) is 5.84. The number of phenols is 1. The van der Waals surface area contributed by atoms with E-state index in [0.717, 1.165) is 33.9 Å². The Morgan fingerprint density at radius 2 is 1.53 bits per heavy atom. The third kappa shape index (κ3) is 3.47. The minimum atomic E-state index is -1.25. The molecule has 1 atom stereocenters. The number of amides is 1. The van der Waals surface area contributed by atoms with Crippen molar-refractivity contribution in [1.82, 2.24) is 0 Å². The highest BCUT2D eigenvalue weighted by Crippen LogP contribution is 2.43. The molecule has 1 heterocycles. The quantitative estimate of drug-likeness (QED) is 0.244. The molecule has 1 saturated heterocycles. The van der Waals surface area contributed by atoms with Crippen LogP contribution in [-0.4, -0.2) is 21.9 Å². The van der Waals surface area contributed by atoms with Crippen molar-refractivity contribution in [3.8, 4) is 5.75 Å². The minimum Gasteiger partial charge on any atom is -0.508 e. The molecule has 4 aromatic rings. The average Bonchev–Trinajstić information content (AvgIpc) is 3.10. The number of carbonyl (C=O) groups is 2. The molecule has 1 aliphatic rings. The molecule has 5 nitrogen and oxygen atoms in total. The summed E-state index contributed by atoms with van der Waals surface area (Å²) in [4.78, 5) is 27.0. The van der Waals surface area contributed by atoms with Crippen LogP contribution in [0.1, 0.15) is 17.2 Å². The van der Waals surface area contributed by atoms with Gasteiger partial charge in [-0.1, -0.05) is 48.5 Å². The van der Waals surface area contributed by atoms with Gasteiger partial charge in [0.2, 0.25) is 0 Å². The lowest BCUT2D eigenvalue weighted by molar-refractivity contribution is -0.132. The second kappa shape index (κ2) is 8.12. The highest BCUT2D eigenvalue weighted by atomic mass is 19.1. The Morgan fingerprint density at radius 3 is 2.26 bits per heavy atom. The molecule has 5 rings (SSSR count). The number of aliphatic hydroxyl groups is 1. The molecule has 1 aliphatic heterocycles. The summed E-state index contributed by atoms with van der Waals surface area (Å²) in [5, 5.41) is 22.6.